The van der Waals surface area contributed by atoms with Crippen molar-refractivity contribution >= 4 is 17.6 Å². The van der Waals surface area contributed by atoms with Crippen LogP contribution in [0.1, 0.15) is 30.3 Å². The first-order valence-corrected chi connectivity index (χ1v) is 10.3. The number of ether oxygens (including phenoxy) is 1. The molecule has 3 heterocycles. The number of imide groups is 1. The second-order valence-corrected chi connectivity index (χ2v) is 7.77. The van der Waals surface area contributed by atoms with Crippen LogP contribution in [-0.2, 0) is 16.2 Å². The maximum absolute atomic E-state index is 12.8. The topological polar surface area (TPSA) is 132 Å². The predicted octanol–water partition coefficient (Wildman–Crippen LogP) is 1.57. The minimum Gasteiger partial charge on any atom is -0.470 e. The fourth-order valence-electron chi connectivity index (χ4n) is 3.39. The van der Waals surface area contributed by atoms with Crippen LogP contribution in [-0.4, -0.2) is 55.1 Å². The van der Waals surface area contributed by atoms with Gasteiger partial charge in [-0.2, -0.15) is 0 Å². The van der Waals surface area contributed by atoms with Gasteiger partial charge >= 0.3 is 0 Å². The first-order chi connectivity index (χ1) is 16.2. The Balaban J connectivity index is 1.36. The van der Waals surface area contributed by atoms with Gasteiger partial charge in [-0.25, -0.2) is 24.3 Å². The molecular formula is C21H22F2N8O3. The number of carbonyl (C=O) groups excluding carboxylic acids is 2. The van der Waals surface area contributed by atoms with Gasteiger partial charge in [-0.15, -0.1) is 15.3 Å². The van der Waals surface area contributed by atoms with Crippen molar-refractivity contribution in [3.8, 4) is 11.6 Å². The molecule has 3 aromatic rings. The fourth-order valence-corrected chi connectivity index (χ4v) is 3.39. The van der Waals surface area contributed by atoms with Crippen LogP contribution in [0.15, 0.2) is 36.4 Å². The first-order valence-electron chi connectivity index (χ1n) is 10.3. The number of anilines is 1. The van der Waals surface area contributed by atoms with Gasteiger partial charge in [-0.1, -0.05) is 17.3 Å². The SMILES string of the molecule is CC(=O)N(N)C(=O)C1CN(c2ccc(OCc3c(C)nnn3-c3ccc(C(F)F)cc3)nn2)C1. The lowest BCUT2D eigenvalue weighted by atomic mass is 9.99. The Morgan fingerprint density at radius 1 is 1.15 bits per heavy atom. The molecule has 1 aliphatic rings. The van der Waals surface area contributed by atoms with Crippen LogP contribution in [0, 0.1) is 12.8 Å². The molecule has 0 atom stereocenters. The molecule has 13 heteroatoms. The summed E-state index contributed by atoms with van der Waals surface area (Å²) in [6.45, 7) is 3.83. The molecule has 0 bridgehead atoms. The molecule has 178 valence electrons. The Labute approximate surface area is 193 Å². The van der Waals surface area contributed by atoms with E-state index < -0.39 is 18.2 Å². The Bertz CT molecular complexity index is 1180. The molecular weight excluding hydrogens is 450 g/mol. The van der Waals surface area contributed by atoms with Crippen LogP contribution in [0.2, 0.25) is 0 Å². The lowest BCUT2D eigenvalue weighted by Crippen LogP contribution is -2.57. The number of nitrogens with zero attached hydrogens (tertiary/aromatic N) is 7. The lowest BCUT2D eigenvalue weighted by molar-refractivity contribution is -0.147. The first kappa shape index (κ1) is 23.2. The quantitative estimate of drug-likeness (QED) is 0.309. The zero-order valence-electron chi connectivity index (χ0n) is 18.4. The zero-order valence-corrected chi connectivity index (χ0v) is 18.4. The summed E-state index contributed by atoms with van der Waals surface area (Å²) >= 11 is 0. The van der Waals surface area contributed by atoms with Crippen molar-refractivity contribution in [2.75, 3.05) is 18.0 Å². The van der Waals surface area contributed by atoms with Crippen molar-refractivity contribution in [1.82, 2.24) is 30.2 Å². The molecule has 11 nitrogen and oxygen atoms in total. The number of aromatic nitrogens is 5. The summed E-state index contributed by atoms with van der Waals surface area (Å²) in [7, 11) is 0. The maximum Gasteiger partial charge on any atom is 0.263 e. The molecule has 0 radical (unpaired) electrons. The van der Waals surface area contributed by atoms with Crippen LogP contribution < -0.4 is 15.5 Å². The van der Waals surface area contributed by atoms with E-state index in [4.69, 9.17) is 10.6 Å². The van der Waals surface area contributed by atoms with Gasteiger partial charge in [0.05, 0.1) is 17.3 Å². The number of alkyl halides is 2. The highest BCUT2D eigenvalue weighted by Crippen LogP contribution is 2.25. The average Bonchev–Trinajstić information content (AvgIpc) is 3.17. The molecule has 0 aliphatic carbocycles. The fraction of sp³-hybridized carbons (Fsp3) is 0.333. The molecule has 2 amide bonds. The number of carbonyl (C=O) groups is 2. The Morgan fingerprint density at radius 2 is 1.85 bits per heavy atom. The van der Waals surface area contributed by atoms with Gasteiger partial charge < -0.3 is 9.64 Å². The molecule has 1 aromatic carbocycles. The molecule has 1 saturated heterocycles. The van der Waals surface area contributed by atoms with Gasteiger partial charge in [0.1, 0.15) is 12.3 Å². The molecule has 1 fully saturated rings. The molecule has 34 heavy (non-hydrogen) atoms. The van der Waals surface area contributed by atoms with E-state index in [0.717, 1.165) is 0 Å². The summed E-state index contributed by atoms with van der Waals surface area (Å²) in [5.74, 6) is 4.96. The molecule has 2 N–H and O–H groups in total. The summed E-state index contributed by atoms with van der Waals surface area (Å²) in [4.78, 5) is 25.1. The molecule has 0 spiro atoms. The number of halogens is 2. The number of amides is 2. The van der Waals surface area contributed by atoms with E-state index in [-0.39, 0.29) is 24.0 Å². The molecule has 0 saturated carbocycles. The van der Waals surface area contributed by atoms with Crippen LogP contribution >= 0.6 is 0 Å². The number of benzene rings is 1. The number of hydrazine groups is 1. The minimum atomic E-state index is -2.55. The van der Waals surface area contributed by atoms with Crippen LogP contribution in [0.25, 0.3) is 5.69 Å². The third-order valence-corrected chi connectivity index (χ3v) is 5.46. The highest BCUT2D eigenvalue weighted by atomic mass is 19.3. The van der Waals surface area contributed by atoms with E-state index in [0.29, 0.717) is 41.0 Å². The number of aryl methyl sites for hydroxylation is 1. The van der Waals surface area contributed by atoms with Crippen molar-refractivity contribution in [2.24, 2.45) is 11.8 Å². The van der Waals surface area contributed by atoms with E-state index in [2.05, 4.69) is 20.5 Å². The van der Waals surface area contributed by atoms with E-state index >= 15 is 0 Å². The standard InChI is InChI=1S/C21H22F2N8O3/c1-12-17(31(28-25-12)16-5-3-14(4-6-16)20(22)23)11-34-19-8-7-18(26-27-19)29-9-15(10-29)21(33)30(24)13(2)32/h3-8,15,20H,9-11,24H2,1-2H3. The number of hydrogen-bond acceptors (Lipinski definition) is 9. The van der Waals surface area contributed by atoms with Gasteiger partial charge in [0.15, 0.2) is 5.82 Å². The second kappa shape index (κ2) is 9.47. The highest BCUT2D eigenvalue weighted by molar-refractivity contribution is 5.95. The molecule has 4 rings (SSSR count). The summed E-state index contributed by atoms with van der Waals surface area (Å²) in [5, 5.41) is 16.9. The molecule has 1 aliphatic heterocycles. The maximum atomic E-state index is 12.8. The lowest BCUT2D eigenvalue weighted by Gasteiger charge is -2.39. The van der Waals surface area contributed by atoms with E-state index in [1.165, 1.54) is 23.7 Å². The van der Waals surface area contributed by atoms with Gasteiger partial charge in [-0.05, 0) is 25.1 Å². The van der Waals surface area contributed by atoms with Crippen molar-refractivity contribution in [3.63, 3.8) is 0 Å². The van der Waals surface area contributed by atoms with Gasteiger partial charge in [0.25, 0.3) is 6.43 Å². The number of rotatable bonds is 7. The van der Waals surface area contributed by atoms with Crippen molar-refractivity contribution < 1.29 is 23.1 Å². The largest absolute Gasteiger partial charge is 0.470 e. The smallest absolute Gasteiger partial charge is 0.263 e. The number of nitrogens with two attached hydrogens (primary N) is 1. The summed E-state index contributed by atoms with van der Waals surface area (Å²) in [6.07, 6.45) is -2.55. The van der Waals surface area contributed by atoms with Crippen molar-refractivity contribution in [2.45, 2.75) is 26.9 Å². The van der Waals surface area contributed by atoms with Crippen LogP contribution in [0.3, 0.4) is 0 Å². The Hall–Kier alpha value is -4.00. The Kier molecular flexibility index (Phi) is 6.45. The summed E-state index contributed by atoms with van der Waals surface area (Å²) < 4.78 is 32.9. The van der Waals surface area contributed by atoms with Crippen LogP contribution in [0.5, 0.6) is 5.88 Å². The summed E-state index contributed by atoms with van der Waals surface area (Å²) in [6, 6.07) is 9.11. The normalized spacial score (nSPS) is 13.6. The Morgan fingerprint density at radius 3 is 2.44 bits per heavy atom. The average molecular weight is 472 g/mol. The third kappa shape index (κ3) is 4.69. The summed E-state index contributed by atoms with van der Waals surface area (Å²) in [5.41, 5.74) is 1.76. The van der Waals surface area contributed by atoms with Crippen molar-refractivity contribution in [3.05, 3.63) is 53.3 Å². The van der Waals surface area contributed by atoms with Crippen molar-refractivity contribution in [1.29, 1.82) is 0 Å². The molecule has 2 aromatic heterocycles. The predicted molar refractivity (Wildman–Crippen MR) is 115 cm³/mol. The van der Waals surface area contributed by atoms with E-state index in [9.17, 15) is 18.4 Å². The third-order valence-electron chi connectivity index (χ3n) is 5.46. The van der Waals surface area contributed by atoms with E-state index in [1.54, 1.807) is 31.2 Å². The zero-order chi connectivity index (χ0) is 24.4. The monoisotopic (exact) mass is 472 g/mol. The van der Waals surface area contributed by atoms with Gasteiger partial charge in [0, 0.05) is 31.6 Å². The van der Waals surface area contributed by atoms with Gasteiger partial charge in [-0.3, -0.25) is 9.59 Å². The number of hydrogen-bond donors (Lipinski definition) is 1. The minimum absolute atomic E-state index is 0.0779. The second-order valence-electron chi connectivity index (χ2n) is 7.77. The van der Waals surface area contributed by atoms with Crippen LogP contribution in [0.4, 0.5) is 14.6 Å². The highest BCUT2D eigenvalue weighted by Gasteiger charge is 2.36. The van der Waals surface area contributed by atoms with E-state index in [1.807, 2.05) is 4.90 Å². The van der Waals surface area contributed by atoms with Gasteiger partial charge in [0.2, 0.25) is 17.7 Å². The molecule has 0 unspecified atom stereocenters.